The second-order valence-corrected chi connectivity index (χ2v) is 9.42. The molecule has 3 aliphatic carbocycles. The molecule has 0 heterocycles. The number of phenolic OH excluding ortho intramolecular Hbond substituents is 1. The average Bonchev–Trinajstić information content (AvgIpc) is 2.53. The summed E-state index contributed by atoms with van der Waals surface area (Å²) in [7, 11) is 0. The van der Waals surface area contributed by atoms with E-state index in [4.69, 9.17) is 4.74 Å². The van der Waals surface area contributed by atoms with Crippen LogP contribution in [0.5, 0.6) is 11.5 Å². The van der Waals surface area contributed by atoms with Gasteiger partial charge in [0.25, 0.3) is 0 Å². The highest BCUT2D eigenvalue weighted by atomic mass is 16.5. The average molecular weight is 314 g/mol. The van der Waals surface area contributed by atoms with Crippen molar-refractivity contribution in [1.82, 2.24) is 0 Å². The number of hydrogen-bond acceptors (Lipinski definition) is 2. The first-order valence-corrected chi connectivity index (χ1v) is 9.31. The second-order valence-electron chi connectivity index (χ2n) is 9.42. The predicted molar refractivity (Wildman–Crippen MR) is 92.7 cm³/mol. The molecule has 4 atom stereocenters. The molecule has 4 rings (SSSR count). The summed E-state index contributed by atoms with van der Waals surface area (Å²) in [6.07, 6.45) is 8.84. The summed E-state index contributed by atoms with van der Waals surface area (Å²) in [5, 5.41) is 10.2. The number of para-hydroxylation sites is 2. The van der Waals surface area contributed by atoms with Gasteiger partial charge in [-0.15, -0.1) is 0 Å². The maximum absolute atomic E-state index is 10.2. The number of hydrogen-bond donors (Lipinski definition) is 1. The predicted octanol–water partition coefficient (Wildman–Crippen LogP) is 5.55. The van der Waals surface area contributed by atoms with Gasteiger partial charge in [-0.05, 0) is 73.8 Å². The fraction of sp³-hybridized carbons (Fsp3) is 0.714. The van der Waals surface area contributed by atoms with Crippen LogP contribution in [0.1, 0.15) is 65.7 Å². The van der Waals surface area contributed by atoms with Gasteiger partial charge < -0.3 is 9.84 Å². The van der Waals surface area contributed by atoms with E-state index in [-0.39, 0.29) is 11.4 Å². The fourth-order valence-electron chi connectivity index (χ4n) is 6.06. The van der Waals surface area contributed by atoms with E-state index in [1.165, 1.54) is 32.1 Å². The smallest absolute Gasteiger partial charge is 0.161 e. The van der Waals surface area contributed by atoms with E-state index in [1.807, 2.05) is 18.2 Å². The van der Waals surface area contributed by atoms with Crippen molar-refractivity contribution >= 4 is 0 Å². The van der Waals surface area contributed by atoms with Crippen LogP contribution in [0.3, 0.4) is 0 Å². The Morgan fingerprint density at radius 3 is 2.57 bits per heavy atom. The fourth-order valence-corrected chi connectivity index (χ4v) is 6.06. The van der Waals surface area contributed by atoms with E-state index >= 15 is 0 Å². The first kappa shape index (κ1) is 15.4. The van der Waals surface area contributed by atoms with Crippen LogP contribution in [0, 0.1) is 22.7 Å². The van der Waals surface area contributed by atoms with Crippen LogP contribution in [0.25, 0.3) is 0 Å². The van der Waals surface area contributed by atoms with Gasteiger partial charge in [0, 0.05) is 5.92 Å². The van der Waals surface area contributed by atoms with Crippen molar-refractivity contribution in [3.8, 4) is 11.5 Å². The molecule has 2 heteroatoms. The molecule has 3 fully saturated rings. The highest BCUT2D eigenvalue weighted by Crippen LogP contribution is 2.65. The van der Waals surface area contributed by atoms with E-state index < -0.39 is 0 Å². The number of aromatic hydroxyl groups is 1. The van der Waals surface area contributed by atoms with E-state index in [2.05, 4.69) is 20.8 Å². The lowest BCUT2D eigenvalue weighted by Gasteiger charge is -2.59. The summed E-state index contributed by atoms with van der Waals surface area (Å²) in [6, 6.07) is 7.51. The van der Waals surface area contributed by atoms with Gasteiger partial charge in [0.2, 0.25) is 0 Å². The van der Waals surface area contributed by atoms with Gasteiger partial charge in [-0.25, -0.2) is 0 Å². The first-order chi connectivity index (χ1) is 10.8. The van der Waals surface area contributed by atoms with E-state index in [0.717, 1.165) is 18.8 Å². The standard InChI is InChI=1S/C21H30O2/c1-19(2)13-16-15(19)9-12-20(3)10-6-11-21(16,14-20)23-18-8-5-4-7-17(18)22/h4-5,7-8,15-16,22H,6,9-14H2,1-3H3/t15-,16+,20+,21-/m1/s1. The Morgan fingerprint density at radius 1 is 1.04 bits per heavy atom. The number of rotatable bonds is 2. The van der Waals surface area contributed by atoms with Crippen molar-refractivity contribution in [1.29, 1.82) is 0 Å². The van der Waals surface area contributed by atoms with Crippen molar-refractivity contribution in [3.63, 3.8) is 0 Å². The van der Waals surface area contributed by atoms with Crippen LogP contribution >= 0.6 is 0 Å². The minimum atomic E-state index is -0.0669. The van der Waals surface area contributed by atoms with Crippen LogP contribution in [-0.4, -0.2) is 10.7 Å². The molecule has 126 valence electrons. The zero-order valence-corrected chi connectivity index (χ0v) is 14.8. The Kier molecular flexibility index (Phi) is 3.28. The molecule has 23 heavy (non-hydrogen) atoms. The molecule has 0 aliphatic heterocycles. The molecule has 2 bridgehead atoms. The van der Waals surface area contributed by atoms with Gasteiger partial charge in [-0.1, -0.05) is 32.9 Å². The molecule has 0 spiro atoms. The van der Waals surface area contributed by atoms with Gasteiger partial charge in [0.05, 0.1) is 0 Å². The summed E-state index contributed by atoms with van der Waals surface area (Å²) in [4.78, 5) is 0. The van der Waals surface area contributed by atoms with Crippen LogP contribution in [-0.2, 0) is 0 Å². The van der Waals surface area contributed by atoms with Crippen molar-refractivity contribution < 1.29 is 9.84 Å². The highest BCUT2D eigenvalue weighted by Gasteiger charge is 2.62. The van der Waals surface area contributed by atoms with Gasteiger partial charge in [0.15, 0.2) is 11.5 Å². The Hall–Kier alpha value is -1.18. The highest BCUT2D eigenvalue weighted by molar-refractivity contribution is 5.39. The molecule has 0 amide bonds. The Labute approximate surface area is 140 Å². The minimum absolute atomic E-state index is 0.0669. The zero-order valence-electron chi connectivity index (χ0n) is 14.8. The molecular weight excluding hydrogens is 284 g/mol. The van der Waals surface area contributed by atoms with Crippen LogP contribution < -0.4 is 4.74 Å². The summed E-state index contributed by atoms with van der Waals surface area (Å²) >= 11 is 0. The lowest BCUT2D eigenvalue weighted by atomic mass is 9.49. The number of benzene rings is 1. The summed E-state index contributed by atoms with van der Waals surface area (Å²) < 4.78 is 6.67. The molecule has 0 radical (unpaired) electrons. The third kappa shape index (κ3) is 2.37. The maximum atomic E-state index is 10.2. The monoisotopic (exact) mass is 314 g/mol. The van der Waals surface area contributed by atoms with Crippen LogP contribution in [0.2, 0.25) is 0 Å². The molecule has 1 aromatic rings. The Morgan fingerprint density at radius 2 is 1.83 bits per heavy atom. The summed E-state index contributed by atoms with van der Waals surface area (Å²) in [5.41, 5.74) is 0.798. The third-order valence-electron chi connectivity index (χ3n) is 7.25. The lowest BCUT2D eigenvalue weighted by molar-refractivity contribution is -0.147. The van der Waals surface area contributed by atoms with E-state index in [9.17, 15) is 5.11 Å². The molecule has 3 aliphatic rings. The maximum Gasteiger partial charge on any atom is 0.161 e. The molecule has 1 aromatic carbocycles. The minimum Gasteiger partial charge on any atom is -0.504 e. The molecule has 0 aromatic heterocycles. The van der Waals surface area contributed by atoms with Crippen molar-refractivity contribution in [2.45, 2.75) is 71.3 Å². The Balaban J connectivity index is 1.72. The van der Waals surface area contributed by atoms with Crippen molar-refractivity contribution in [2.24, 2.45) is 22.7 Å². The zero-order chi connectivity index (χ0) is 16.3. The summed E-state index contributed by atoms with van der Waals surface area (Å²) in [5.74, 6) is 2.39. The second kappa shape index (κ2) is 4.91. The molecule has 2 nitrogen and oxygen atoms in total. The molecule has 0 saturated heterocycles. The molecule has 1 N–H and O–H groups in total. The molecule has 0 unspecified atom stereocenters. The molecule has 3 saturated carbocycles. The largest absolute Gasteiger partial charge is 0.504 e. The summed E-state index contributed by atoms with van der Waals surface area (Å²) in [6.45, 7) is 7.33. The first-order valence-electron chi connectivity index (χ1n) is 9.31. The van der Waals surface area contributed by atoms with Gasteiger partial charge in [0.1, 0.15) is 5.60 Å². The molecular formula is C21H30O2. The Bertz CT molecular complexity index is 608. The number of fused-ring (bicyclic) bond motifs is 4. The normalized spacial score (nSPS) is 41.3. The van der Waals surface area contributed by atoms with Gasteiger partial charge in [-0.2, -0.15) is 0 Å². The van der Waals surface area contributed by atoms with Crippen LogP contribution in [0.4, 0.5) is 0 Å². The number of phenols is 1. The lowest BCUT2D eigenvalue weighted by Crippen LogP contribution is -2.59. The third-order valence-corrected chi connectivity index (χ3v) is 7.25. The van der Waals surface area contributed by atoms with E-state index in [1.54, 1.807) is 6.07 Å². The SMILES string of the molecule is CC1(C)C[C@H]2[C@H]1CC[C@]1(C)CCC[C@@]2(Oc2ccccc2O)C1. The van der Waals surface area contributed by atoms with Gasteiger partial charge >= 0.3 is 0 Å². The van der Waals surface area contributed by atoms with Crippen molar-refractivity contribution in [2.75, 3.05) is 0 Å². The number of ether oxygens (including phenoxy) is 1. The van der Waals surface area contributed by atoms with Gasteiger partial charge in [-0.3, -0.25) is 0 Å². The topological polar surface area (TPSA) is 29.5 Å². The van der Waals surface area contributed by atoms with Crippen molar-refractivity contribution in [3.05, 3.63) is 24.3 Å². The quantitative estimate of drug-likeness (QED) is 0.776. The van der Waals surface area contributed by atoms with E-state index in [0.29, 0.717) is 22.5 Å². The van der Waals surface area contributed by atoms with Crippen LogP contribution in [0.15, 0.2) is 24.3 Å².